The summed E-state index contributed by atoms with van der Waals surface area (Å²) in [6, 6.07) is 7.77. The number of carbonyl (C=O) groups excluding carboxylic acids is 2. The van der Waals surface area contributed by atoms with E-state index in [0.717, 1.165) is 36.9 Å². The first-order chi connectivity index (χ1) is 12.5. The summed E-state index contributed by atoms with van der Waals surface area (Å²) < 4.78 is 0. The molecule has 1 aliphatic heterocycles. The van der Waals surface area contributed by atoms with E-state index in [1.807, 2.05) is 41.0 Å². The van der Waals surface area contributed by atoms with Gasteiger partial charge in [-0.3, -0.25) is 9.59 Å². The van der Waals surface area contributed by atoms with Crippen molar-refractivity contribution < 1.29 is 9.59 Å². The van der Waals surface area contributed by atoms with E-state index >= 15 is 0 Å². The molecule has 2 bridgehead atoms. The van der Waals surface area contributed by atoms with E-state index in [2.05, 4.69) is 0 Å². The lowest BCUT2D eigenvalue weighted by Crippen LogP contribution is -2.48. The summed E-state index contributed by atoms with van der Waals surface area (Å²) in [6.45, 7) is 4.67. The van der Waals surface area contributed by atoms with Crippen LogP contribution in [0.4, 0.5) is 0 Å². The van der Waals surface area contributed by atoms with Crippen molar-refractivity contribution in [3.8, 4) is 0 Å². The fourth-order valence-electron chi connectivity index (χ4n) is 5.21. The molecule has 148 valence electrons. The minimum Gasteiger partial charge on any atom is -0.341 e. The summed E-state index contributed by atoms with van der Waals surface area (Å²) in [4.78, 5) is 29.7. The first-order valence-corrected chi connectivity index (χ1v) is 9.95. The van der Waals surface area contributed by atoms with E-state index in [1.54, 1.807) is 0 Å². The summed E-state index contributed by atoms with van der Waals surface area (Å²) in [7, 11) is 0. The molecule has 4 atom stereocenters. The van der Waals surface area contributed by atoms with Crippen molar-refractivity contribution in [3.05, 3.63) is 35.4 Å². The van der Waals surface area contributed by atoms with Gasteiger partial charge in [-0.15, -0.1) is 12.4 Å². The second-order valence-corrected chi connectivity index (χ2v) is 8.28. The Labute approximate surface area is 167 Å². The van der Waals surface area contributed by atoms with Crippen LogP contribution in [0.2, 0.25) is 0 Å². The molecule has 1 heterocycles. The van der Waals surface area contributed by atoms with Crippen LogP contribution in [-0.4, -0.2) is 53.8 Å². The molecule has 1 aromatic carbocycles. The largest absolute Gasteiger partial charge is 0.341 e. The van der Waals surface area contributed by atoms with Gasteiger partial charge >= 0.3 is 0 Å². The number of amides is 2. The standard InChI is InChI=1S/C21H29N3O2.ClH/c1-14-4-2-5-17(12-14)20(25)23-8-3-9-24(11-10-23)21(26)18-15-6-7-16(13-15)19(18)22;/h2,4-5,12,15-16,18-19H,3,6-11,13,22H2,1H3;1H. The fraction of sp³-hybridized carbons (Fsp3) is 0.619. The highest BCUT2D eigenvalue weighted by atomic mass is 35.5. The molecule has 27 heavy (non-hydrogen) atoms. The number of nitrogens with zero attached hydrogens (tertiary/aromatic N) is 2. The summed E-state index contributed by atoms with van der Waals surface area (Å²) in [5, 5.41) is 0. The molecule has 1 aromatic rings. The van der Waals surface area contributed by atoms with Crippen molar-refractivity contribution in [1.82, 2.24) is 9.80 Å². The molecule has 2 N–H and O–H groups in total. The van der Waals surface area contributed by atoms with E-state index < -0.39 is 0 Å². The van der Waals surface area contributed by atoms with Gasteiger partial charge in [-0.05, 0) is 56.6 Å². The monoisotopic (exact) mass is 391 g/mol. The number of hydrogen-bond donors (Lipinski definition) is 1. The zero-order chi connectivity index (χ0) is 18.3. The maximum Gasteiger partial charge on any atom is 0.253 e. The quantitative estimate of drug-likeness (QED) is 0.842. The lowest BCUT2D eigenvalue weighted by atomic mass is 9.84. The third-order valence-electron chi connectivity index (χ3n) is 6.63. The number of carbonyl (C=O) groups is 2. The minimum absolute atomic E-state index is 0. The number of rotatable bonds is 2. The molecule has 5 nitrogen and oxygen atoms in total. The summed E-state index contributed by atoms with van der Waals surface area (Å²) in [5.41, 5.74) is 8.19. The van der Waals surface area contributed by atoms with Crippen molar-refractivity contribution in [2.75, 3.05) is 26.2 Å². The molecular formula is C21H30ClN3O2. The number of nitrogens with two attached hydrogens (primary N) is 1. The van der Waals surface area contributed by atoms with Crippen molar-refractivity contribution in [2.24, 2.45) is 23.5 Å². The van der Waals surface area contributed by atoms with Crippen LogP contribution in [0.15, 0.2) is 24.3 Å². The molecule has 2 aliphatic carbocycles. The van der Waals surface area contributed by atoms with E-state index in [-0.39, 0.29) is 36.2 Å². The molecule has 0 aromatic heterocycles. The Morgan fingerprint density at radius 1 is 1.04 bits per heavy atom. The van der Waals surface area contributed by atoms with E-state index in [9.17, 15) is 9.59 Å². The van der Waals surface area contributed by atoms with Crippen molar-refractivity contribution in [2.45, 2.75) is 38.6 Å². The number of halogens is 1. The number of hydrogen-bond acceptors (Lipinski definition) is 3. The molecule has 4 rings (SSSR count). The van der Waals surface area contributed by atoms with Gasteiger partial charge in [-0.1, -0.05) is 17.7 Å². The van der Waals surface area contributed by atoms with Gasteiger partial charge < -0.3 is 15.5 Å². The zero-order valence-electron chi connectivity index (χ0n) is 16.0. The van der Waals surface area contributed by atoms with Gasteiger partial charge in [0.2, 0.25) is 5.91 Å². The van der Waals surface area contributed by atoms with Crippen molar-refractivity contribution in [3.63, 3.8) is 0 Å². The Kier molecular flexibility index (Phi) is 6.11. The van der Waals surface area contributed by atoms with Gasteiger partial charge in [0.15, 0.2) is 0 Å². The average molecular weight is 392 g/mol. The van der Waals surface area contributed by atoms with Crippen LogP contribution in [0.25, 0.3) is 0 Å². The highest BCUT2D eigenvalue weighted by Gasteiger charge is 2.50. The van der Waals surface area contributed by atoms with Crippen LogP contribution >= 0.6 is 12.4 Å². The molecule has 3 aliphatic rings. The molecule has 4 unspecified atom stereocenters. The maximum absolute atomic E-state index is 13.1. The summed E-state index contributed by atoms with van der Waals surface area (Å²) in [6.07, 6.45) is 4.30. The van der Waals surface area contributed by atoms with Crippen molar-refractivity contribution in [1.29, 1.82) is 0 Å². The van der Waals surface area contributed by atoms with Crippen LogP contribution in [0.1, 0.15) is 41.6 Å². The molecule has 0 radical (unpaired) electrons. The van der Waals surface area contributed by atoms with Crippen LogP contribution in [0.5, 0.6) is 0 Å². The predicted molar refractivity (Wildman–Crippen MR) is 108 cm³/mol. The van der Waals surface area contributed by atoms with Gasteiger partial charge in [-0.2, -0.15) is 0 Å². The molecule has 2 saturated carbocycles. The van der Waals surface area contributed by atoms with Gasteiger partial charge in [0.05, 0.1) is 5.92 Å². The SMILES string of the molecule is Cc1cccc(C(=O)N2CCCN(C(=O)C3C4CCC(C4)C3N)CC2)c1.Cl. The molecule has 1 saturated heterocycles. The number of benzene rings is 1. The first-order valence-electron chi connectivity index (χ1n) is 9.95. The third kappa shape index (κ3) is 3.85. The van der Waals surface area contributed by atoms with Crippen molar-refractivity contribution >= 4 is 24.2 Å². The second kappa shape index (κ2) is 8.19. The Morgan fingerprint density at radius 2 is 1.74 bits per heavy atom. The lowest BCUT2D eigenvalue weighted by molar-refractivity contribution is -0.137. The van der Waals surface area contributed by atoms with Gasteiger partial charge in [0.25, 0.3) is 5.91 Å². The van der Waals surface area contributed by atoms with E-state index in [0.29, 0.717) is 31.5 Å². The molecule has 6 heteroatoms. The lowest BCUT2D eigenvalue weighted by Gasteiger charge is -2.32. The first kappa shape index (κ1) is 20.2. The van der Waals surface area contributed by atoms with Gasteiger partial charge in [0.1, 0.15) is 0 Å². The topological polar surface area (TPSA) is 66.6 Å². The molecule has 0 spiro atoms. The number of aryl methyl sites for hydroxylation is 1. The molecule has 3 fully saturated rings. The Balaban J connectivity index is 0.00000210. The van der Waals surface area contributed by atoms with Gasteiger partial charge in [-0.25, -0.2) is 0 Å². The summed E-state index contributed by atoms with van der Waals surface area (Å²) in [5.74, 6) is 1.33. The van der Waals surface area contributed by atoms with E-state index in [1.165, 1.54) is 6.42 Å². The van der Waals surface area contributed by atoms with Crippen LogP contribution in [-0.2, 0) is 4.79 Å². The van der Waals surface area contributed by atoms with E-state index in [4.69, 9.17) is 5.73 Å². The normalized spacial score (nSPS) is 30.0. The fourth-order valence-corrected chi connectivity index (χ4v) is 5.21. The van der Waals surface area contributed by atoms with Gasteiger partial charge in [0, 0.05) is 37.8 Å². The zero-order valence-corrected chi connectivity index (χ0v) is 16.8. The maximum atomic E-state index is 13.1. The number of fused-ring (bicyclic) bond motifs is 2. The highest BCUT2D eigenvalue weighted by Crippen LogP contribution is 2.48. The predicted octanol–water partition coefficient (Wildman–Crippen LogP) is 2.46. The minimum atomic E-state index is 0. The van der Waals surface area contributed by atoms with Crippen LogP contribution in [0.3, 0.4) is 0 Å². The smallest absolute Gasteiger partial charge is 0.253 e. The van der Waals surface area contributed by atoms with Crippen LogP contribution in [0, 0.1) is 24.7 Å². The van der Waals surface area contributed by atoms with Crippen LogP contribution < -0.4 is 5.73 Å². The molecular weight excluding hydrogens is 362 g/mol. The average Bonchev–Trinajstić information content (AvgIpc) is 3.13. The highest BCUT2D eigenvalue weighted by molar-refractivity contribution is 5.94. The Hall–Kier alpha value is -1.59. The Bertz CT molecular complexity index is 708. The molecule has 2 amide bonds. The third-order valence-corrected chi connectivity index (χ3v) is 6.63. The second-order valence-electron chi connectivity index (χ2n) is 8.28. The summed E-state index contributed by atoms with van der Waals surface area (Å²) >= 11 is 0. The Morgan fingerprint density at radius 3 is 2.44 bits per heavy atom.